The molecule has 3 nitrogen and oxygen atoms in total. The van der Waals surface area contributed by atoms with E-state index < -0.39 is 0 Å². The van der Waals surface area contributed by atoms with Crippen LogP contribution in [0.5, 0.6) is 0 Å². The molecule has 130 valence electrons. The molecular formula is C21H18FN3S. The van der Waals surface area contributed by atoms with Gasteiger partial charge in [0, 0.05) is 5.56 Å². The maximum atomic E-state index is 13.8. The number of benzene rings is 3. The number of hydrogen-bond donors (Lipinski definition) is 2. The predicted octanol–water partition coefficient (Wildman–Crippen LogP) is 4.99. The van der Waals surface area contributed by atoms with Crippen molar-refractivity contribution in [1.82, 2.24) is 4.72 Å². The zero-order valence-electron chi connectivity index (χ0n) is 14.1. The van der Waals surface area contributed by atoms with E-state index in [9.17, 15) is 4.39 Å². The normalized spacial score (nSPS) is 14.4. The number of anilines is 1. The van der Waals surface area contributed by atoms with Gasteiger partial charge >= 0.3 is 0 Å². The van der Waals surface area contributed by atoms with Crippen LogP contribution in [0.3, 0.4) is 0 Å². The molecule has 0 fully saturated rings. The van der Waals surface area contributed by atoms with Gasteiger partial charge in [-0.2, -0.15) is 0 Å². The van der Waals surface area contributed by atoms with Crippen LogP contribution in [0, 0.1) is 5.82 Å². The molecule has 0 unspecified atom stereocenters. The third kappa shape index (κ3) is 3.73. The molecule has 0 radical (unpaired) electrons. The second-order valence-electron chi connectivity index (χ2n) is 6.04. The van der Waals surface area contributed by atoms with Crippen LogP contribution in [0.1, 0.15) is 16.7 Å². The summed E-state index contributed by atoms with van der Waals surface area (Å²) in [4.78, 5) is 5.62. The molecule has 0 amide bonds. The molecule has 0 aromatic heterocycles. The number of hydrogen-bond acceptors (Lipinski definition) is 2. The Morgan fingerprint density at radius 1 is 0.846 bits per heavy atom. The molecule has 4 rings (SSSR count). The minimum Gasteiger partial charge on any atom is -0.324 e. The number of fused-ring (bicyclic) bond motifs is 1. The lowest BCUT2D eigenvalue weighted by Gasteiger charge is -2.23. The van der Waals surface area contributed by atoms with Crippen molar-refractivity contribution >= 4 is 23.6 Å². The summed E-state index contributed by atoms with van der Waals surface area (Å²) in [6.45, 7) is 0.290. The number of aliphatic imine (C=N–C) groups is 1. The second kappa shape index (κ2) is 7.62. The van der Waals surface area contributed by atoms with Crippen molar-refractivity contribution in [3.8, 4) is 0 Å². The molecule has 0 spiro atoms. The van der Waals surface area contributed by atoms with Crippen LogP contribution in [0.25, 0.3) is 0 Å². The summed E-state index contributed by atoms with van der Waals surface area (Å²) >= 11 is 1.52. The van der Waals surface area contributed by atoms with Crippen molar-refractivity contribution in [3.05, 3.63) is 95.3 Å². The number of guanidine groups is 1. The second-order valence-corrected chi connectivity index (χ2v) is 6.89. The Kier molecular flexibility index (Phi) is 4.88. The zero-order chi connectivity index (χ0) is 17.8. The summed E-state index contributed by atoms with van der Waals surface area (Å²) in [5, 5.41) is 3.37. The first-order chi connectivity index (χ1) is 12.8. The van der Waals surface area contributed by atoms with Gasteiger partial charge < -0.3 is 5.32 Å². The third-order valence-corrected chi connectivity index (χ3v) is 5.07. The highest BCUT2D eigenvalue weighted by Crippen LogP contribution is 2.33. The Bertz CT molecular complexity index is 941. The van der Waals surface area contributed by atoms with Crippen molar-refractivity contribution in [3.63, 3.8) is 0 Å². The fraction of sp³-hybridized carbons (Fsp3) is 0.0952. The number of para-hydroxylation sites is 1. The maximum Gasteiger partial charge on any atom is 0.206 e. The Hall–Kier alpha value is -2.79. The van der Waals surface area contributed by atoms with Crippen molar-refractivity contribution in [2.24, 2.45) is 4.99 Å². The van der Waals surface area contributed by atoms with E-state index in [4.69, 9.17) is 0 Å². The quantitative estimate of drug-likeness (QED) is 0.641. The summed E-state index contributed by atoms with van der Waals surface area (Å²) < 4.78 is 17.0. The molecular weight excluding hydrogens is 345 g/mol. The van der Waals surface area contributed by atoms with Gasteiger partial charge in [-0.15, -0.1) is 0 Å². The van der Waals surface area contributed by atoms with E-state index in [1.807, 2.05) is 12.1 Å². The van der Waals surface area contributed by atoms with Gasteiger partial charge in [-0.05, 0) is 41.6 Å². The van der Waals surface area contributed by atoms with Crippen LogP contribution in [0.2, 0.25) is 0 Å². The smallest absolute Gasteiger partial charge is 0.206 e. The van der Waals surface area contributed by atoms with Crippen molar-refractivity contribution < 1.29 is 4.39 Å². The predicted molar refractivity (Wildman–Crippen MR) is 106 cm³/mol. The minimum absolute atomic E-state index is 0.231. The molecule has 1 aliphatic heterocycles. The van der Waals surface area contributed by atoms with E-state index in [2.05, 4.69) is 57.5 Å². The topological polar surface area (TPSA) is 36.4 Å². The van der Waals surface area contributed by atoms with Gasteiger partial charge in [-0.1, -0.05) is 60.7 Å². The van der Waals surface area contributed by atoms with Crippen LogP contribution < -0.4 is 10.0 Å². The van der Waals surface area contributed by atoms with E-state index in [1.165, 1.54) is 29.1 Å². The average Bonchev–Trinajstić information content (AvgIpc) is 2.68. The zero-order valence-corrected chi connectivity index (χ0v) is 14.9. The van der Waals surface area contributed by atoms with Gasteiger partial charge in [0.2, 0.25) is 5.96 Å². The molecule has 1 aliphatic rings. The number of nitrogens with zero attached hydrogens (tertiary/aromatic N) is 1. The molecule has 2 N–H and O–H groups in total. The fourth-order valence-electron chi connectivity index (χ4n) is 2.88. The highest BCUT2D eigenvalue weighted by Gasteiger charge is 2.17. The molecule has 0 atom stereocenters. The van der Waals surface area contributed by atoms with Crippen LogP contribution in [0.15, 0.2) is 82.7 Å². The fourth-order valence-corrected chi connectivity index (χ4v) is 3.63. The highest BCUT2D eigenvalue weighted by atomic mass is 32.2. The standard InChI is InChI=1S/C21H18FN3S/c22-18-11-5-4-9-17(18)14-23-21-24-20-16(10-6-12-19(20)26-25-21)13-15-7-2-1-3-8-15/h1-12H,13-14H2,(H2,23,24,25). The van der Waals surface area contributed by atoms with Crippen LogP contribution in [-0.4, -0.2) is 5.96 Å². The van der Waals surface area contributed by atoms with Crippen LogP contribution >= 0.6 is 11.9 Å². The largest absolute Gasteiger partial charge is 0.324 e. The summed E-state index contributed by atoms with van der Waals surface area (Å²) in [6.07, 6.45) is 0.845. The van der Waals surface area contributed by atoms with Crippen LogP contribution in [0.4, 0.5) is 10.1 Å². The highest BCUT2D eigenvalue weighted by molar-refractivity contribution is 7.98. The molecule has 1 heterocycles. The van der Waals surface area contributed by atoms with E-state index >= 15 is 0 Å². The Balaban J connectivity index is 1.56. The molecule has 0 bridgehead atoms. The Morgan fingerprint density at radius 2 is 1.62 bits per heavy atom. The van der Waals surface area contributed by atoms with Gasteiger partial charge in [0.05, 0.1) is 17.1 Å². The average molecular weight is 363 g/mol. The summed E-state index contributed by atoms with van der Waals surface area (Å²) in [5.74, 6) is 0.414. The summed E-state index contributed by atoms with van der Waals surface area (Å²) in [7, 11) is 0. The first-order valence-electron chi connectivity index (χ1n) is 8.43. The first-order valence-corrected chi connectivity index (χ1v) is 9.25. The summed E-state index contributed by atoms with van der Waals surface area (Å²) in [6, 6.07) is 23.4. The molecule has 0 saturated carbocycles. The van der Waals surface area contributed by atoms with E-state index in [1.54, 1.807) is 12.1 Å². The lowest BCUT2D eigenvalue weighted by Crippen LogP contribution is -2.30. The van der Waals surface area contributed by atoms with Gasteiger partial charge in [0.15, 0.2) is 0 Å². The third-order valence-electron chi connectivity index (χ3n) is 4.22. The van der Waals surface area contributed by atoms with E-state index in [0.717, 1.165) is 17.0 Å². The lowest BCUT2D eigenvalue weighted by atomic mass is 10.0. The molecule has 3 aromatic rings. The van der Waals surface area contributed by atoms with Gasteiger partial charge in [0.1, 0.15) is 5.82 Å². The van der Waals surface area contributed by atoms with Gasteiger partial charge in [-0.3, -0.25) is 4.72 Å². The van der Waals surface area contributed by atoms with Crippen molar-refractivity contribution in [1.29, 1.82) is 0 Å². The Morgan fingerprint density at radius 3 is 2.46 bits per heavy atom. The van der Waals surface area contributed by atoms with Crippen molar-refractivity contribution in [2.75, 3.05) is 5.32 Å². The number of nitrogens with one attached hydrogen (secondary N) is 2. The summed E-state index contributed by atoms with van der Waals surface area (Å²) in [5.41, 5.74) is 4.11. The first kappa shape index (κ1) is 16.7. The maximum absolute atomic E-state index is 13.8. The van der Waals surface area contributed by atoms with Crippen LogP contribution in [-0.2, 0) is 13.0 Å². The molecule has 3 aromatic carbocycles. The monoisotopic (exact) mass is 363 g/mol. The van der Waals surface area contributed by atoms with Crippen molar-refractivity contribution in [2.45, 2.75) is 17.9 Å². The van der Waals surface area contributed by atoms with E-state index in [0.29, 0.717) is 18.1 Å². The minimum atomic E-state index is -0.231. The lowest BCUT2D eigenvalue weighted by molar-refractivity contribution is 0.611. The molecule has 0 aliphatic carbocycles. The van der Waals surface area contributed by atoms with Gasteiger partial charge in [-0.25, -0.2) is 9.38 Å². The molecule has 0 saturated heterocycles. The molecule has 5 heteroatoms. The SMILES string of the molecule is Fc1ccccc1CN=C1NSc2cccc(Cc3ccccc3)c2N1. The Labute approximate surface area is 156 Å². The van der Waals surface area contributed by atoms with E-state index in [-0.39, 0.29) is 5.82 Å². The number of rotatable bonds is 4. The number of halogens is 1. The van der Waals surface area contributed by atoms with Gasteiger partial charge in [0.25, 0.3) is 0 Å². The molecule has 26 heavy (non-hydrogen) atoms.